The minimum atomic E-state index is -1.39. The first-order chi connectivity index (χ1) is 31.3. The Morgan fingerprint density at radius 3 is 1.31 bits per heavy atom. The number of carboxylic acid groups (broad SMARTS) is 4. The number of H-pyrrole nitrogens is 2. The molecule has 2 unspecified atom stereocenters. The number of aromatic nitrogens is 4. The summed E-state index contributed by atoms with van der Waals surface area (Å²) in [5, 5.41) is 56.7. The summed E-state index contributed by atoms with van der Waals surface area (Å²) >= 11 is 0. The molecule has 0 bridgehead atoms. The molecule has 0 aliphatic carbocycles. The van der Waals surface area contributed by atoms with Crippen molar-refractivity contribution < 1.29 is 108 Å². The second-order valence-corrected chi connectivity index (χ2v) is 15.1. The van der Waals surface area contributed by atoms with Crippen molar-refractivity contribution >= 4 is 82.0 Å². The van der Waals surface area contributed by atoms with Crippen molar-refractivity contribution in [2.45, 2.75) is 49.9 Å². The van der Waals surface area contributed by atoms with Crippen LogP contribution in [0, 0.1) is 0 Å². The number of aromatic amines is 2. The minimum absolute atomic E-state index is 0. The molecule has 2 aromatic carbocycles. The molecular weight excluding hydrogens is 915 g/mol. The van der Waals surface area contributed by atoms with E-state index >= 15 is 0 Å². The Morgan fingerprint density at radius 1 is 0.662 bits per heavy atom. The molecule has 4 atom stereocenters. The third-order valence-electron chi connectivity index (χ3n) is 10.5. The third kappa shape index (κ3) is 15.2. The normalized spacial score (nSPS) is 15.2. The fraction of sp³-hybridized carbons (Fsp3) is 0.350. The molecule has 28 heteroatoms. The van der Waals surface area contributed by atoms with E-state index < -0.39 is 60.6 Å². The van der Waals surface area contributed by atoms with Crippen molar-refractivity contribution in [3.63, 3.8) is 0 Å². The molecule has 2 aliphatic rings. The molecule has 352 valence electrons. The van der Waals surface area contributed by atoms with Crippen molar-refractivity contribution in [1.29, 1.82) is 0 Å². The first-order valence-electron chi connectivity index (χ1n) is 20.2. The number of rotatable bonds is 18. The van der Waals surface area contributed by atoms with Gasteiger partial charge in [-0.2, -0.15) is 9.97 Å². The predicted molar refractivity (Wildman–Crippen MR) is 236 cm³/mol. The maximum Gasteiger partial charge on any atom is 1.00 e. The van der Waals surface area contributed by atoms with Gasteiger partial charge in [0.2, 0.25) is 11.9 Å². The summed E-state index contributed by atoms with van der Waals surface area (Å²) in [6.45, 7) is 2.00. The van der Waals surface area contributed by atoms with Crippen LogP contribution in [0.2, 0.25) is 0 Å². The first-order valence-corrected chi connectivity index (χ1v) is 20.2. The van der Waals surface area contributed by atoms with Crippen LogP contribution in [0.1, 0.15) is 46.4 Å². The molecule has 0 radical (unpaired) electrons. The van der Waals surface area contributed by atoms with Gasteiger partial charge >= 0.3 is 71.1 Å². The molecule has 68 heavy (non-hydrogen) atoms. The molecule has 4 aromatic rings. The number of hydrogen-bond donors (Lipinski definition) is 12. The topological polar surface area (TPSA) is 411 Å². The van der Waals surface area contributed by atoms with E-state index in [2.05, 4.69) is 51.8 Å². The summed E-state index contributed by atoms with van der Waals surface area (Å²) < 4.78 is 0. The van der Waals surface area contributed by atoms with Gasteiger partial charge in [0, 0.05) is 74.7 Å². The second-order valence-electron chi connectivity index (χ2n) is 15.1. The number of likely N-dealkylation sites (N-methyl/N-ethyl adjacent to an activating group) is 2. The van der Waals surface area contributed by atoms with Crippen LogP contribution in [0.5, 0.6) is 0 Å². The average molecular weight is 963 g/mol. The van der Waals surface area contributed by atoms with E-state index in [9.17, 15) is 48.6 Å². The van der Waals surface area contributed by atoms with E-state index in [4.69, 9.17) is 21.7 Å². The van der Waals surface area contributed by atoms with Gasteiger partial charge in [0.05, 0.1) is 12.1 Å². The van der Waals surface area contributed by atoms with Crippen LogP contribution in [0.3, 0.4) is 0 Å². The number of benzene rings is 2. The number of amides is 2. The predicted octanol–water partition coefficient (Wildman–Crippen LogP) is -9.18. The Kier molecular flexibility index (Phi) is 20.9. The van der Waals surface area contributed by atoms with E-state index in [0.717, 1.165) is 0 Å². The van der Waals surface area contributed by atoms with Gasteiger partial charge in [0.15, 0.2) is 11.6 Å². The number of anilines is 8. The van der Waals surface area contributed by atoms with Crippen LogP contribution < -0.4 is 134 Å². The number of aliphatic carboxylic acids is 4. The molecule has 6 rings (SSSR count). The maximum absolute atomic E-state index is 12.3. The van der Waals surface area contributed by atoms with Crippen molar-refractivity contribution in [2.75, 3.05) is 82.8 Å². The quantitative estimate of drug-likeness (QED) is 0.0412. The summed E-state index contributed by atoms with van der Waals surface area (Å²) in [6.07, 6.45) is -1.52. The number of hydrogen-bond acceptors (Lipinski definition) is 20. The van der Waals surface area contributed by atoms with Gasteiger partial charge in [0.1, 0.15) is 23.5 Å². The fourth-order valence-electron chi connectivity index (χ4n) is 6.83. The molecule has 0 saturated heterocycles. The molecule has 0 fully saturated rings. The van der Waals surface area contributed by atoms with E-state index in [-0.39, 0.29) is 118 Å². The van der Waals surface area contributed by atoms with E-state index in [0.29, 0.717) is 60.6 Å². The van der Waals surface area contributed by atoms with E-state index in [1.54, 1.807) is 38.4 Å². The molecule has 2 aromatic heterocycles. The Hall–Kier alpha value is -6.58. The number of carbonyl (C=O) groups excluding carboxylic acids is 4. The molecule has 26 nitrogen and oxygen atoms in total. The van der Waals surface area contributed by atoms with Crippen LogP contribution in [0.25, 0.3) is 0 Å². The fourth-order valence-corrected chi connectivity index (χ4v) is 6.83. The van der Waals surface area contributed by atoms with Crippen molar-refractivity contribution in [3.8, 4) is 0 Å². The van der Waals surface area contributed by atoms with Crippen molar-refractivity contribution in [3.05, 3.63) is 80.4 Å². The Balaban J connectivity index is 0.000000350. The first kappa shape index (κ1) is 55.7. The van der Waals surface area contributed by atoms with Gasteiger partial charge in [0.25, 0.3) is 22.9 Å². The summed E-state index contributed by atoms with van der Waals surface area (Å²) in [4.78, 5) is 109. The van der Waals surface area contributed by atoms with Gasteiger partial charge < -0.3 is 83.2 Å². The number of nitrogens with zero attached hydrogens (tertiary/aromatic N) is 4. The van der Waals surface area contributed by atoms with Gasteiger partial charge in [-0.05, 0) is 74.2 Å². The van der Waals surface area contributed by atoms with Crippen molar-refractivity contribution in [1.82, 2.24) is 30.6 Å². The number of nitrogens with one attached hydrogen (secondary N) is 8. The van der Waals surface area contributed by atoms with Gasteiger partial charge in [-0.15, -0.1) is 0 Å². The van der Waals surface area contributed by atoms with E-state index in [1.807, 2.05) is 9.80 Å². The summed E-state index contributed by atoms with van der Waals surface area (Å²) in [5.74, 6) is -5.79. The monoisotopic (exact) mass is 962 g/mol. The Labute approximate surface area is 431 Å². The maximum atomic E-state index is 12.3. The van der Waals surface area contributed by atoms with Crippen LogP contribution in [0.4, 0.5) is 46.3 Å². The Morgan fingerprint density at radius 2 is 1.00 bits per heavy atom. The smallest absolute Gasteiger partial charge is 0.550 e. The summed E-state index contributed by atoms with van der Waals surface area (Å²) in [5.41, 5.74) is 13.1. The molecule has 0 spiro atoms. The van der Waals surface area contributed by atoms with Crippen LogP contribution in [-0.4, -0.2) is 130 Å². The van der Waals surface area contributed by atoms with Crippen LogP contribution >= 0.6 is 0 Å². The Bertz CT molecular complexity index is 2390. The zero-order valence-corrected chi connectivity index (χ0v) is 41.5. The zero-order valence-electron chi connectivity index (χ0n) is 37.5. The van der Waals surface area contributed by atoms with Crippen molar-refractivity contribution in [2.24, 2.45) is 0 Å². The summed E-state index contributed by atoms with van der Waals surface area (Å²) in [6, 6.07) is 9.88. The number of carboxylic acids is 4. The summed E-state index contributed by atoms with van der Waals surface area (Å²) in [7, 11) is 3.57. The molecule has 2 aliphatic heterocycles. The number of carbonyl (C=O) groups is 6. The van der Waals surface area contributed by atoms with Crippen LogP contribution in [-0.2, 0) is 19.2 Å². The zero-order chi connectivity index (χ0) is 48.2. The van der Waals surface area contributed by atoms with Gasteiger partial charge in [-0.1, -0.05) is 0 Å². The molecular formula is C40H48N14Na2O12. The number of nitrogen functional groups attached to an aromatic ring is 2. The van der Waals surface area contributed by atoms with E-state index in [1.165, 1.54) is 24.3 Å². The molecule has 14 N–H and O–H groups in total. The second kappa shape index (κ2) is 25.5. The largest absolute Gasteiger partial charge is 1.00 e. The van der Waals surface area contributed by atoms with Gasteiger partial charge in [-0.3, -0.25) is 29.1 Å². The molecule has 4 heterocycles. The third-order valence-corrected chi connectivity index (χ3v) is 10.5. The van der Waals surface area contributed by atoms with Gasteiger partial charge in [-0.25, -0.2) is 9.59 Å². The van der Waals surface area contributed by atoms with Crippen LogP contribution in [0.15, 0.2) is 58.1 Å². The molecule has 0 saturated carbocycles. The molecule has 2 amide bonds. The standard InChI is InChI=1S/2C20H25N7O6.2Na/c2*1-27-12(9-23-16-15(27)18(31)26-20(21)25-16)8-22-11-4-2-10(3-5-11)17(30)24-13(19(32)33)6-7-14(28)29;;/h2*2-5,12-13,22H,6-9H2,1H3,(H,24,30)(H,28,29)(H,32,33)(H4,21,23,25,26,31);;/q;;2*+1/p-2/t2*12?,13-;;/m00../s1. The average Bonchev–Trinajstić information content (AvgIpc) is 3.25. The SMILES string of the molecule is CN1c2c(nc(N)[nH]c2=O)NCC1CNc1ccc(C(=O)N[C@@H](CCC(=O)[O-])C(=O)O)cc1.CN1c2c(nc(N)[nH]c2=O)NCC1CNc1ccc(C(=O)N[C@@H](CCC(=O)[O-])C(=O)O)cc1.[Na+].[Na+]. The number of nitrogens with two attached hydrogens (primary N) is 2. The number of fused-ring (bicyclic) bond motifs is 2. The minimum Gasteiger partial charge on any atom is -0.550 e.